The van der Waals surface area contributed by atoms with Crippen LogP contribution in [0.1, 0.15) is 117 Å². The second kappa shape index (κ2) is 18.8. The monoisotopic (exact) mass is 496 g/mol. The third kappa shape index (κ3) is 11.4. The summed E-state index contributed by atoms with van der Waals surface area (Å²) in [6, 6.07) is 21.5. The van der Waals surface area contributed by atoms with E-state index in [2.05, 4.69) is 81.4 Å². The van der Waals surface area contributed by atoms with Gasteiger partial charge in [-0.25, -0.2) is 0 Å². The van der Waals surface area contributed by atoms with Crippen molar-refractivity contribution >= 4 is 18.9 Å². The molecule has 0 heterocycles. The third-order valence-corrected chi connectivity index (χ3v) is 10.5. The van der Waals surface area contributed by atoms with Crippen LogP contribution >= 0.6 is 0 Å². The Morgan fingerprint density at radius 3 is 1.49 bits per heavy atom. The highest BCUT2D eigenvalue weighted by molar-refractivity contribution is 6.92. The first-order valence-corrected chi connectivity index (χ1v) is 16.5. The van der Waals surface area contributed by atoms with Crippen LogP contribution in [0.5, 0.6) is 0 Å². The normalized spacial score (nSPS) is 12.7. The summed E-state index contributed by atoms with van der Waals surface area (Å²) in [5, 5.41) is 2.45. The zero-order valence-electron chi connectivity index (χ0n) is 23.0. The highest BCUT2D eigenvalue weighted by atomic mass is 28.4. The fourth-order valence-electron chi connectivity index (χ4n) is 4.82. The first kappa shape index (κ1) is 29.8. The number of hydrogen-bond acceptors (Lipinski definition) is 2. The van der Waals surface area contributed by atoms with Crippen LogP contribution in [0.3, 0.4) is 0 Å². The summed E-state index contributed by atoms with van der Waals surface area (Å²) < 4.78 is 13.9. The van der Waals surface area contributed by atoms with Crippen LogP contribution in [0.4, 0.5) is 0 Å². The molecule has 0 radical (unpaired) electrons. The number of hydrogen-bond donors (Lipinski definition) is 0. The predicted molar refractivity (Wildman–Crippen MR) is 155 cm³/mol. The Balaban J connectivity index is 2.03. The molecule has 0 saturated carbocycles. The van der Waals surface area contributed by atoms with Crippen molar-refractivity contribution in [3.63, 3.8) is 0 Å². The first-order valence-electron chi connectivity index (χ1n) is 14.7. The van der Waals surface area contributed by atoms with Gasteiger partial charge in [0.2, 0.25) is 0 Å². The van der Waals surface area contributed by atoms with Crippen molar-refractivity contribution in [1.29, 1.82) is 0 Å². The predicted octanol–water partition coefficient (Wildman–Crippen LogP) is 8.56. The van der Waals surface area contributed by atoms with Gasteiger partial charge in [0.1, 0.15) is 0 Å². The van der Waals surface area contributed by atoms with Crippen LogP contribution in [0.2, 0.25) is 0 Å². The average molecular weight is 497 g/mol. The maximum absolute atomic E-state index is 7.03. The summed E-state index contributed by atoms with van der Waals surface area (Å²) in [4.78, 5) is 0. The molecule has 0 aromatic heterocycles. The molecule has 0 spiro atoms. The average Bonchev–Trinajstić information content (AvgIpc) is 2.90. The Bertz CT molecular complexity index is 694. The van der Waals surface area contributed by atoms with Gasteiger partial charge in [0, 0.05) is 12.7 Å². The fourth-order valence-corrected chi connectivity index (χ4v) is 8.21. The second-order valence-corrected chi connectivity index (χ2v) is 13.1. The minimum atomic E-state index is -2.78. The minimum Gasteiger partial charge on any atom is -0.388 e. The molecule has 0 aliphatic heterocycles. The van der Waals surface area contributed by atoms with E-state index in [1.165, 1.54) is 93.8 Å². The highest BCUT2D eigenvalue weighted by Crippen LogP contribution is 2.18. The lowest BCUT2D eigenvalue weighted by molar-refractivity contribution is 0.132. The van der Waals surface area contributed by atoms with E-state index >= 15 is 0 Å². The molecular weight excluding hydrogens is 444 g/mol. The molecule has 3 heteroatoms. The van der Waals surface area contributed by atoms with E-state index in [4.69, 9.17) is 8.85 Å². The molecule has 2 rings (SSSR count). The van der Waals surface area contributed by atoms with Crippen LogP contribution in [-0.2, 0) is 8.85 Å². The van der Waals surface area contributed by atoms with E-state index in [1.807, 2.05) is 0 Å². The standard InChI is InChI=1S/C32H52O2Si/c1-4-6-8-10-12-13-15-23-29-33-35(31-25-19-16-20-26-31,32-27-21-17-22-28-32)34-30(3)24-18-14-11-9-7-5-2/h16-17,19-22,25-28,30H,4-15,18,23-24,29H2,1-3H3. The summed E-state index contributed by atoms with van der Waals surface area (Å²) in [6.45, 7) is 7.58. The summed E-state index contributed by atoms with van der Waals surface area (Å²) in [5.41, 5.74) is 0. The Morgan fingerprint density at radius 1 is 0.571 bits per heavy atom. The molecule has 0 N–H and O–H groups in total. The quantitative estimate of drug-likeness (QED) is 0.127. The van der Waals surface area contributed by atoms with Crippen molar-refractivity contribution in [2.24, 2.45) is 0 Å². The van der Waals surface area contributed by atoms with Crippen molar-refractivity contribution < 1.29 is 8.85 Å². The molecule has 0 saturated heterocycles. The number of rotatable bonds is 21. The first-order chi connectivity index (χ1) is 17.2. The van der Waals surface area contributed by atoms with Gasteiger partial charge in [-0.1, -0.05) is 158 Å². The molecule has 2 aromatic carbocycles. The van der Waals surface area contributed by atoms with Gasteiger partial charge in [0.05, 0.1) is 0 Å². The number of benzene rings is 2. The van der Waals surface area contributed by atoms with Gasteiger partial charge in [-0.2, -0.15) is 0 Å². The van der Waals surface area contributed by atoms with Gasteiger partial charge in [-0.3, -0.25) is 0 Å². The van der Waals surface area contributed by atoms with E-state index in [-0.39, 0.29) is 6.10 Å². The van der Waals surface area contributed by atoms with E-state index in [1.54, 1.807) is 0 Å². The van der Waals surface area contributed by atoms with E-state index in [0.717, 1.165) is 19.4 Å². The Kier molecular flexibility index (Phi) is 16.0. The molecule has 2 nitrogen and oxygen atoms in total. The second-order valence-electron chi connectivity index (χ2n) is 10.2. The molecular formula is C32H52O2Si. The molecule has 1 atom stereocenters. The van der Waals surface area contributed by atoms with Crippen molar-refractivity contribution in [2.45, 2.75) is 123 Å². The molecule has 0 amide bonds. The van der Waals surface area contributed by atoms with Gasteiger partial charge in [-0.15, -0.1) is 0 Å². The van der Waals surface area contributed by atoms with Crippen LogP contribution in [-0.4, -0.2) is 21.3 Å². The Labute approximate surface area is 218 Å². The minimum absolute atomic E-state index is 0.187. The maximum atomic E-state index is 7.03. The van der Waals surface area contributed by atoms with Crippen molar-refractivity contribution in [2.75, 3.05) is 6.61 Å². The Hall–Kier alpha value is -1.42. The van der Waals surface area contributed by atoms with Gasteiger partial charge >= 0.3 is 8.56 Å². The van der Waals surface area contributed by atoms with Crippen LogP contribution in [0, 0.1) is 0 Å². The summed E-state index contributed by atoms with van der Waals surface area (Å²) >= 11 is 0. The zero-order valence-corrected chi connectivity index (χ0v) is 24.0. The van der Waals surface area contributed by atoms with E-state index in [0.29, 0.717) is 0 Å². The lowest BCUT2D eigenvalue weighted by atomic mass is 10.1. The Morgan fingerprint density at radius 2 is 1.00 bits per heavy atom. The lowest BCUT2D eigenvalue weighted by Crippen LogP contribution is -2.64. The summed E-state index contributed by atoms with van der Waals surface area (Å²) in [5.74, 6) is 0. The van der Waals surface area contributed by atoms with E-state index < -0.39 is 8.56 Å². The smallest absolute Gasteiger partial charge is 0.388 e. The van der Waals surface area contributed by atoms with Gasteiger partial charge in [-0.05, 0) is 30.1 Å². The van der Waals surface area contributed by atoms with Crippen molar-refractivity contribution in [3.8, 4) is 0 Å². The molecule has 0 aliphatic carbocycles. The van der Waals surface area contributed by atoms with Gasteiger partial charge in [0.25, 0.3) is 0 Å². The van der Waals surface area contributed by atoms with Crippen LogP contribution in [0.15, 0.2) is 60.7 Å². The lowest BCUT2D eigenvalue weighted by Gasteiger charge is -2.34. The maximum Gasteiger partial charge on any atom is 0.407 e. The summed E-state index contributed by atoms with van der Waals surface area (Å²) in [6.07, 6.45) is 19.7. The van der Waals surface area contributed by atoms with E-state index in [9.17, 15) is 0 Å². The molecule has 0 aliphatic rings. The van der Waals surface area contributed by atoms with Crippen molar-refractivity contribution in [3.05, 3.63) is 60.7 Å². The van der Waals surface area contributed by atoms with Crippen LogP contribution < -0.4 is 10.4 Å². The fraction of sp³-hybridized carbons (Fsp3) is 0.625. The zero-order chi connectivity index (χ0) is 25.0. The van der Waals surface area contributed by atoms with Gasteiger partial charge in [0.15, 0.2) is 0 Å². The highest BCUT2D eigenvalue weighted by Gasteiger charge is 2.43. The summed E-state index contributed by atoms with van der Waals surface area (Å²) in [7, 11) is -2.78. The molecule has 0 fully saturated rings. The number of unbranched alkanes of at least 4 members (excludes halogenated alkanes) is 12. The molecule has 1 unspecified atom stereocenters. The van der Waals surface area contributed by atoms with Crippen LogP contribution in [0.25, 0.3) is 0 Å². The van der Waals surface area contributed by atoms with Crippen molar-refractivity contribution in [1.82, 2.24) is 0 Å². The van der Waals surface area contributed by atoms with Gasteiger partial charge < -0.3 is 8.85 Å². The molecule has 35 heavy (non-hydrogen) atoms. The molecule has 2 aromatic rings. The topological polar surface area (TPSA) is 18.5 Å². The molecule has 196 valence electrons. The SMILES string of the molecule is CCCCCCCCCCO[Si](OC(C)CCCCCCCC)(c1ccccc1)c1ccccc1. The molecule has 0 bridgehead atoms. The third-order valence-electron chi connectivity index (χ3n) is 6.94. The largest absolute Gasteiger partial charge is 0.407 e.